The normalized spacial score (nSPS) is 13.0. The molecule has 1 fully saturated rings. The van der Waals surface area contributed by atoms with E-state index in [-0.39, 0.29) is 0 Å². The molecule has 0 spiro atoms. The Bertz CT molecular complexity index is 1600. The van der Waals surface area contributed by atoms with Gasteiger partial charge in [-0.05, 0) is 48.2 Å². The van der Waals surface area contributed by atoms with Crippen LogP contribution in [0.2, 0.25) is 0 Å². The second kappa shape index (κ2) is 13.5. The molecule has 0 aliphatic carbocycles. The molecular weight excluding hydrogens is 534 g/mol. The van der Waals surface area contributed by atoms with Gasteiger partial charge in [-0.3, -0.25) is 4.98 Å². The molecular formula is C37H37N3O3. The van der Waals surface area contributed by atoms with E-state index < -0.39 is 0 Å². The number of pyridine rings is 2. The number of ether oxygens (including phenoxy) is 3. The lowest BCUT2D eigenvalue weighted by molar-refractivity contribution is 0.0772. The first-order chi connectivity index (χ1) is 21.1. The maximum Gasteiger partial charge on any atom is 0.226 e. The third-order valence-electron chi connectivity index (χ3n) is 7.65. The minimum absolute atomic E-state index is 0.403. The van der Waals surface area contributed by atoms with Crippen molar-refractivity contribution < 1.29 is 14.2 Å². The Morgan fingerprint density at radius 2 is 1.26 bits per heavy atom. The number of hydrogen-bond donors (Lipinski definition) is 0. The topological polar surface area (TPSA) is 56.7 Å². The van der Waals surface area contributed by atoms with Crippen molar-refractivity contribution in [2.45, 2.75) is 33.7 Å². The Balaban J connectivity index is 1.16. The van der Waals surface area contributed by atoms with E-state index in [2.05, 4.69) is 49.1 Å². The van der Waals surface area contributed by atoms with Crippen LogP contribution < -0.4 is 14.4 Å². The van der Waals surface area contributed by atoms with Crippen LogP contribution in [0.25, 0.3) is 11.3 Å². The van der Waals surface area contributed by atoms with Crippen LogP contribution in [0.15, 0.2) is 109 Å². The van der Waals surface area contributed by atoms with Gasteiger partial charge in [-0.2, -0.15) is 4.98 Å². The lowest BCUT2D eigenvalue weighted by atomic mass is 9.97. The molecule has 0 unspecified atom stereocenters. The van der Waals surface area contributed by atoms with E-state index >= 15 is 0 Å². The summed E-state index contributed by atoms with van der Waals surface area (Å²) in [7, 11) is 0. The second-order valence-electron chi connectivity index (χ2n) is 11.1. The molecule has 1 aliphatic rings. The first-order valence-electron chi connectivity index (χ1n) is 14.8. The zero-order valence-electron chi connectivity index (χ0n) is 24.8. The fourth-order valence-corrected chi connectivity index (χ4v) is 5.48. The van der Waals surface area contributed by atoms with E-state index in [1.807, 2.05) is 78.9 Å². The molecule has 0 bridgehead atoms. The second-order valence-corrected chi connectivity index (χ2v) is 11.1. The fourth-order valence-electron chi connectivity index (χ4n) is 5.48. The zero-order valence-corrected chi connectivity index (χ0v) is 24.8. The molecule has 6 nitrogen and oxygen atoms in total. The maximum absolute atomic E-state index is 6.29. The number of benzene rings is 3. The van der Waals surface area contributed by atoms with Gasteiger partial charge in [-0.1, -0.05) is 91.0 Å². The molecule has 0 saturated carbocycles. The SMILES string of the molecule is Cc1cc(-c2ccc(OCc3ccccc3)nc2OCc2ccccc2)nc(C)c1N1CC(COCc2ccccc2)C1. The predicted octanol–water partition coefficient (Wildman–Crippen LogP) is 7.57. The van der Waals surface area contributed by atoms with Crippen molar-refractivity contribution in [1.82, 2.24) is 9.97 Å². The van der Waals surface area contributed by atoms with Crippen LogP contribution in [0.4, 0.5) is 5.69 Å². The van der Waals surface area contributed by atoms with Gasteiger partial charge in [0, 0.05) is 25.1 Å². The monoisotopic (exact) mass is 571 g/mol. The molecule has 43 heavy (non-hydrogen) atoms. The number of aromatic nitrogens is 2. The third kappa shape index (κ3) is 7.22. The fraction of sp³-hybridized carbons (Fsp3) is 0.243. The quantitative estimate of drug-likeness (QED) is 0.154. The van der Waals surface area contributed by atoms with Gasteiger partial charge in [0.25, 0.3) is 0 Å². The van der Waals surface area contributed by atoms with E-state index in [0.717, 1.165) is 47.8 Å². The molecule has 0 N–H and O–H groups in total. The number of anilines is 1. The van der Waals surface area contributed by atoms with Gasteiger partial charge in [0.15, 0.2) is 0 Å². The summed E-state index contributed by atoms with van der Waals surface area (Å²) in [6.45, 7) is 8.44. The molecule has 2 aromatic heterocycles. The average Bonchev–Trinajstić information content (AvgIpc) is 3.02. The van der Waals surface area contributed by atoms with E-state index in [4.69, 9.17) is 24.2 Å². The minimum atomic E-state index is 0.403. The average molecular weight is 572 g/mol. The highest BCUT2D eigenvalue weighted by atomic mass is 16.5. The number of rotatable bonds is 12. The van der Waals surface area contributed by atoms with Crippen LogP contribution >= 0.6 is 0 Å². The van der Waals surface area contributed by atoms with Crippen molar-refractivity contribution in [2.75, 3.05) is 24.6 Å². The standard InChI is InChI=1S/C37H37N3O3/c1-27-20-34(38-28(2)36(27)40-21-32(22-40)24-41-23-29-12-6-3-7-13-29)33-18-19-35(42-25-30-14-8-4-9-15-30)39-37(33)43-26-31-16-10-5-11-17-31/h3-20,32H,21-26H2,1-2H3. The van der Waals surface area contributed by atoms with Gasteiger partial charge in [-0.25, -0.2) is 0 Å². The van der Waals surface area contributed by atoms with Crippen LogP contribution in [0.5, 0.6) is 11.8 Å². The lowest BCUT2D eigenvalue weighted by Crippen LogP contribution is -2.49. The van der Waals surface area contributed by atoms with Gasteiger partial charge >= 0.3 is 0 Å². The highest BCUT2D eigenvalue weighted by Gasteiger charge is 2.30. The predicted molar refractivity (Wildman–Crippen MR) is 170 cm³/mol. The Morgan fingerprint density at radius 1 is 0.674 bits per heavy atom. The Labute approximate surface area is 253 Å². The Morgan fingerprint density at radius 3 is 1.86 bits per heavy atom. The lowest BCUT2D eigenvalue weighted by Gasteiger charge is -2.42. The first-order valence-corrected chi connectivity index (χ1v) is 14.8. The van der Waals surface area contributed by atoms with Gasteiger partial charge in [0.2, 0.25) is 11.8 Å². The van der Waals surface area contributed by atoms with Crippen molar-refractivity contribution in [3.8, 4) is 23.0 Å². The molecule has 3 heterocycles. The van der Waals surface area contributed by atoms with Crippen molar-refractivity contribution in [2.24, 2.45) is 5.92 Å². The minimum Gasteiger partial charge on any atom is -0.473 e. The maximum atomic E-state index is 6.29. The van der Waals surface area contributed by atoms with Gasteiger partial charge < -0.3 is 19.1 Å². The van der Waals surface area contributed by atoms with Crippen LogP contribution in [-0.4, -0.2) is 29.7 Å². The number of aryl methyl sites for hydroxylation is 2. The van der Waals surface area contributed by atoms with Crippen LogP contribution in [-0.2, 0) is 24.6 Å². The summed E-state index contributed by atoms with van der Waals surface area (Å²) in [5.74, 6) is 1.54. The van der Waals surface area contributed by atoms with Crippen LogP contribution in [0.1, 0.15) is 27.9 Å². The highest BCUT2D eigenvalue weighted by Crippen LogP contribution is 2.36. The van der Waals surface area contributed by atoms with Gasteiger partial charge in [-0.15, -0.1) is 0 Å². The molecule has 0 amide bonds. The van der Waals surface area contributed by atoms with Crippen LogP contribution in [0, 0.1) is 19.8 Å². The van der Waals surface area contributed by atoms with Crippen molar-refractivity contribution in [3.05, 3.63) is 137 Å². The summed E-state index contributed by atoms with van der Waals surface area (Å²) in [6.07, 6.45) is 0. The van der Waals surface area contributed by atoms with Crippen molar-refractivity contribution in [1.29, 1.82) is 0 Å². The summed E-state index contributed by atoms with van der Waals surface area (Å²) >= 11 is 0. The summed E-state index contributed by atoms with van der Waals surface area (Å²) in [6, 6.07) is 36.6. The van der Waals surface area contributed by atoms with E-state index in [1.165, 1.54) is 16.8 Å². The summed E-state index contributed by atoms with van der Waals surface area (Å²) in [5, 5.41) is 0. The molecule has 1 aliphatic heterocycles. The van der Waals surface area contributed by atoms with E-state index in [9.17, 15) is 0 Å². The van der Waals surface area contributed by atoms with Crippen molar-refractivity contribution in [3.63, 3.8) is 0 Å². The summed E-state index contributed by atoms with van der Waals surface area (Å²) < 4.78 is 18.3. The number of nitrogens with zero attached hydrogens (tertiary/aromatic N) is 3. The Hall–Kier alpha value is -4.68. The smallest absolute Gasteiger partial charge is 0.226 e. The molecule has 1 saturated heterocycles. The van der Waals surface area contributed by atoms with E-state index in [1.54, 1.807) is 0 Å². The summed E-state index contributed by atoms with van der Waals surface area (Å²) in [5.41, 5.74) is 8.43. The molecule has 0 atom stereocenters. The third-order valence-corrected chi connectivity index (χ3v) is 7.65. The van der Waals surface area contributed by atoms with Crippen molar-refractivity contribution >= 4 is 5.69 Å². The molecule has 5 aromatic rings. The molecule has 0 radical (unpaired) electrons. The first kappa shape index (κ1) is 28.4. The largest absolute Gasteiger partial charge is 0.473 e. The van der Waals surface area contributed by atoms with Crippen LogP contribution in [0.3, 0.4) is 0 Å². The molecule has 3 aromatic carbocycles. The van der Waals surface area contributed by atoms with E-state index in [0.29, 0.717) is 37.5 Å². The molecule has 6 rings (SSSR count). The van der Waals surface area contributed by atoms with Gasteiger partial charge in [0.1, 0.15) is 13.2 Å². The zero-order chi connectivity index (χ0) is 29.4. The summed E-state index contributed by atoms with van der Waals surface area (Å²) in [4.78, 5) is 12.2. The molecule has 218 valence electrons. The Kier molecular flexibility index (Phi) is 8.95. The number of hydrogen-bond acceptors (Lipinski definition) is 6. The van der Waals surface area contributed by atoms with Gasteiger partial charge in [0.05, 0.1) is 35.9 Å². The highest BCUT2D eigenvalue weighted by molar-refractivity contribution is 5.71. The molecule has 6 heteroatoms.